The summed E-state index contributed by atoms with van der Waals surface area (Å²) in [4.78, 5) is 27.4. The highest BCUT2D eigenvalue weighted by Crippen LogP contribution is 2.24. The van der Waals surface area contributed by atoms with Crippen LogP contribution in [-0.4, -0.2) is 43.1 Å². The summed E-state index contributed by atoms with van der Waals surface area (Å²) < 4.78 is 1.61. The fraction of sp³-hybridized carbons (Fsp3) is 0.312. The maximum absolute atomic E-state index is 12.5. The molecule has 4 rings (SSSR count). The van der Waals surface area contributed by atoms with Crippen LogP contribution in [0, 0.1) is 0 Å². The first kappa shape index (κ1) is 14.6. The van der Waals surface area contributed by atoms with E-state index in [0.717, 1.165) is 25.2 Å². The largest absolute Gasteiger partial charge is 0.354 e. The number of anilines is 2. The van der Waals surface area contributed by atoms with Crippen LogP contribution >= 0.6 is 0 Å². The van der Waals surface area contributed by atoms with E-state index in [1.165, 1.54) is 18.6 Å². The van der Waals surface area contributed by atoms with E-state index in [1.807, 2.05) is 12.3 Å². The zero-order valence-corrected chi connectivity index (χ0v) is 13.3. The van der Waals surface area contributed by atoms with Crippen molar-refractivity contribution in [2.75, 3.05) is 16.8 Å². The summed E-state index contributed by atoms with van der Waals surface area (Å²) in [5, 5.41) is 6.92. The van der Waals surface area contributed by atoms with Crippen molar-refractivity contribution in [3.63, 3.8) is 0 Å². The van der Waals surface area contributed by atoms with E-state index in [2.05, 4.69) is 37.2 Å². The lowest BCUT2D eigenvalue weighted by Gasteiger charge is -2.22. The number of carbonyl (C=O) groups excluding carboxylic acids is 1. The van der Waals surface area contributed by atoms with Crippen molar-refractivity contribution in [3.05, 3.63) is 42.6 Å². The number of hydrogen-bond acceptors (Lipinski definition) is 6. The van der Waals surface area contributed by atoms with Crippen molar-refractivity contribution in [1.82, 2.24) is 24.6 Å². The molecule has 1 fully saturated rings. The first-order valence-corrected chi connectivity index (χ1v) is 7.91. The van der Waals surface area contributed by atoms with Crippen molar-refractivity contribution in [1.29, 1.82) is 0 Å². The summed E-state index contributed by atoms with van der Waals surface area (Å²) in [6.07, 6.45) is 10.2. The summed E-state index contributed by atoms with van der Waals surface area (Å²) in [6, 6.07) is 2.39. The van der Waals surface area contributed by atoms with Crippen molar-refractivity contribution in [3.8, 4) is 0 Å². The van der Waals surface area contributed by atoms with Gasteiger partial charge in [-0.25, -0.2) is 14.5 Å². The number of nitrogens with one attached hydrogen (secondary N) is 1. The molecule has 1 atom stereocenters. The van der Waals surface area contributed by atoms with E-state index in [1.54, 1.807) is 10.7 Å². The Labute approximate surface area is 138 Å². The molecule has 1 aliphatic heterocycles. The van der Waals surface area contributed by atoms with Gasteiger partial charge in [0.25, 0.3) is 5.91 Å². The number of amides is 1. The van der Waals surface area contributed by atoms with Crippen molar-refractivity contribution in [2.45, 2.75) is 25.8 Å². The van der Waals surface area contributed by atoms with Crippen LogP contribution in [0.5, 0.6) is 0 Å². The number of aromatic nitrogens is 5. The van der Waals surface area contributed by atoms with E-state index < -0.39 is 0 Å². The van der Waals surface area contributed by atoms with Crippen molar-refractivity contribution < 1.29 is 4.79 Å². The standard InChI is InChI=1S/C16H17N7O/c1-11-3-2-7-22(11)14-4-8-23-15(21-14)12(9-19-23)16(24)20-13-10-17-5-6-18-13/h4-6,8-11H,2-3,7H2,1H3,(H,18,20,24). The average Bonchev–Trinajstić information content (AvgIpc) is 3.21. The van der Waals surface area contributed by atoms with E-state index in [4.69, 9.17) is 0 Å². The molecule has 0 radical (unpaired) electrons. The summed E-state index contributed by atoms with van der Waals surface area (Å²) in [5.41, 5.74) is 0.947. The van der Waals surface area contributed by atoms with Crippen LogP contribution in [0.4, 0.5) is 11.6 Å². The van der Waals surface area contributed by atoms with Gasteiger partial charge in [0, 0.05) is 31.2 Å². The van der Waals surface area contributed by atoms with Crippen LogP contribution in [0.3, 0.4) is 0 Å². The predicted octanol–water partition coefficient (Wildman–Crippen LogP) is 1.76. The zero-order chi connectivity index (χ0) is 16.5. The minimum Gasteiger partial charge on any atom is -0.354 e. The van der Waals surface area contributed by atoms with Gasteiger partial charge in [0.1, 0.15) is 11.4 Å². The Bertz CT molecular complexity index is 877. The van der Waals surface area contributed by atoms with Gasteiger partial charge in [-0.15, -0.1) is 0 Å². The quantitative estimate of drug-likeness (QED) is 0.790. The maximum atomic E-state index is 12.5. The molecule has 24 heavy (non-hydrogen) atoms. The summed E-state index contributed by atoms with van der Waals surface area (Å²) in [6.45, 7) is 3.18. The Morgan fingerprint density at radius 1 is 1.33 bits per heavy atom. The minimum absolute atomic E-state index is 0.301. The van der Waals surface area contributed by atoms with Crippen LogP contribution in [-0.2, 0) is 0 Å². The van der Waals surface area contributed by atoms with Crippen LogP contribution in [0.15, 0.2) is 37.1 Å². The zero-order valence-electron chi connectivity index (χ0n) is 13.3. The third kappa shape index (κ3) is 2.55. The lowest BCUT2D eigenvalue weighted by atomic mass is 10.2. The Kier molecular flexibility index (Phi) is 3.56. The lowest BCUT2D eigenvalue weighted by Crippen LogP contribution is -2.27. The molecule has 4 heterocycles. The Morgan fingerprint density at radius 2 is 2.25 bits per heavy atom. The Balaban J connectivity index is 1.67. The van der Waals surface area contributed by atoms with Crippen LogP contribution in [0.1, 0.15) is 30.1 Å². The summed E-state index contributed by atoms with van der Waals surface area (Å²) in [5.74, 6) is 0.970. The third-order valence-corrected chi connectivity index (χ3v) is 4.25. The second kappa shape index (κ2) is 5.88. The van der Waals surface area contributed by atoms with Crippen LogP contribution < -0.4 is 10.2 Å². The molecule has 0 aliphatic carbocycles. The molecule has 0 spiro atoms. The molecular weight excluding hydrogens is 306 g/mol. The third-order valence-electron chi connectivity index (χ3n) is 4.25. The summed E-state index contributed by atoms with van der Waals surface area (Å²) in [7, 11) is 0. The maximum Gasteiger partial charge on any atom is 0.262 e. The number of rotatable bonds is 3. The van der Waals surface area contributed by atoms with E-state index >= 15 is 0 Å². The molecule has 8 nitrogen and oxygen atoms in total. The van der Waals surface area contributed by atoms with Crippen LogP contribution in [0.2, 0.25) is 0 Å². The molecule has 0 aromatic carbocycles. The second-order valence-corrected chi connectivity index (χ2v) is 5.84. The normalized spacial score (nSPS) is 17.4. The fourth-order valence-corrected chi connectivity index (χ4v) is 3.00. The van der Waals surface area contributed by atoms with Crippen molar-refractivity contribution >= 4 is 23.2 Å². The number of hydrogen-bond donors (Lipinski definition) is 1. The highest BCUT2D eigenvalue weighted by molar-refractivity contribution is 6.07. The van der Waals surface area contributed by atoms with Gasteiger partial charge in [0.05, 0.1) is 12.4 Å². The first-order chi connectivity index (χ1) is 11.7. The molecule has 3 aromatic rings. The second-order valence-electron chi connectivity index (χ2n) is 5.84. The Hall–Kier alpha value is -3.03. The van der Waals surface area contributed by atoms with Gasteiger partial charge in [-0.05, 0) is 25.8 Å². The molecular formula is C16H17N7O. The Morgan fingerprint density at radius 3 is 3.00 bits per heavy atom. The van der Waals surface area contributed by atoms with Gasteiger partial charge in [-0.2, -0.15) is 5.10 Å². The molecule has 0 saturated carbocycles. The number of carbonyl (C=O) groups is 1. The molecule has 122 valence electrons. The monoisotopic (exact) mass is 323 g/mol. The van der Waals surface area contributed by atoms with Gasteiger partial charge in [-0.3, -0.25) is 9.78 Å². The highest BCUT2D eigenvalue weighted by Gasteiger charge is 2.23. The van der Waals surface area contributed by atoms with E-state index in [-0.39, 0.29) is 5.91 Å². The van der Waals surface area contributed by atoms with Gasteiger partial charge in [0.15, 0.2) is 11.5 Å². The lowest BCUT2D eigenvalue weighted by molar-refractivity contribution is 0.102. The molecule has 1 unspecified atom stereocenters. The molecule has 1 amide bonds. The fourth-order valence-electron chi connectivity index (χ4n) is 3.00. The molecule has 8 heteroatoms. The van der Waals surface area contributed by atoms with Gasteiger partial charge >= 0.3 is 0 Å². The van der Waals surface area contributed by atoms with E-state index in [9.17, 15) is 4.79 Å². The topological polar surface area (TPSA) is 88.3 Å². The molecule has 0 bridgehead atoms. The van der Waals surface area contributed by atoms with Crippen LogP contribution in [0.25, 0.3) is 5.65 Å². The molecule has 1 N–H and O–H groups in total. The van der Waals surface area contributed by atoms with Gasteiger partial charge < -0.3 is 10.2 Å². The average molecular weight is 323 g/mol. The van der Waals surface area contributed by atoms with Gasteiger partial charge in [0.2, 0.25) is 0 Å². The van der Waals surface area contributed by atoms with Gasteiger partial charge in [-0.1, -0.05) is 0 Å². The first-order valence-electron chi connectivity index (χ1n) is 7.91. The summed E-state index contributed by atoms with van der Waals surface area (Å²) >= 11 is 0. The number of fused-ring (bicyclic) bond motifs is 1. The smallest absolute Gasteiger partial charge is 0.262 e. The van der Waals surface area contributed by atoms with Crippen molar-refractivity contribution in [2.24, 2.45) is 0 Å². The molecule has 1 aliphatic rings. The number of nitrogens with zero attached hydrogens (tertiary/aromatic N) is 6. The SMILES string of the molecule is CC1CCCN1c1ccn2ncc(C(=O)Nc3cnccn3)c2n1. The molecule has 3 aromatic heterocycles. The predicted molar refractivity (Wildman–Crippen MR) is 89.0 cm³/mol. The van der Waals surface area contributed by atoms with E-state index in [0.29, 0.717) is 23.1 Å². The highest BCUT2D eigenvalue weighted by atomic mass is 16.1. The molecule has 1 saturated heterocycles. The minimum atomic E-state index is -0.301.